The lowest BCUT2D eigenvalue weighted by Crippen LogP contribution is -2.51. The number of nitrogens with one attached hydrogen (secondary N) is 1. The molecule has 5 nitrogen and oxygen atoms in total. The molecule has 0 radical (unpaired) electrons. The fraction of sp³-hybridized carbons (Fsp3) is 0.318. The Balaban J connectivity index is 1.75. The number of amides is 1. The number of hydrogen-bond acceptors (Lipinski definition) is 3. The van der Waals surface area contributed by atoms with Crippen LogP contribution < -0.4 is 10.2 Å². The van der Waals surface area contributed by atoms with E-state index < -0.39 is 6.17 Å². The first-order valence-electron chi connectivity index (χ1n) is 9.81. The molecular weight excluding hydrogens is 404 g/mol. The average Bonchev–Trinajstić information content (AvgIpc) is 2.85. The van der Waals surface area contributed by atoms with E-state index in [9.17, 15) is 4.79 Å². The zero-order valence-electron chi connectivity index (χ0n) is 16.3. The molecule has 0 spiro atoms. The number of piperidine rings is 1. The molecule has 1 N–H and O–H groups in total. The summed E-state index contributed by atoms with van der Waals surface area (Å²) in [4.78, 5) is 21.8. The zero-order valence-corrected chi connectivity index (χ0v) is 17.8. The molecule has 2 aromatic rings. The normalized spacial score (nSPS) is 19.3. The maximum absolute atomic E-state index is 13.2. The molecule has 1 unspecified atom stereocenters. The van der Waals surface area contributed by atoms with Crippen LogP contribution in [-0.4, -0.2) is 47.9 Å². The molecular formula is C22H23ClN4OS. The molecule has 2 heterocycles. The van der Waals surface area contributed by atoms with E-state index in [1.54, 1.807) is 18.0 Å². The number of likely N-dealkylation sites (tertiary alicyclic amines) is 1. The van der Waals surface area contributed by atoms with Gasteiger partial charge in [0.05, 0.1) is 11.4 Å². The Kier molecular flexibility index (Phi) is 5.83. The van der Waals surface area contributed by atoms with Gasteiger partial charge in [-0.25, -0.2) is 4.99 Å². The van der Waals surface area contributed by atoms with Crippen LogP contribution in [0.2, 0.25) is 5.02 Å². The maximum Gasteiger partial charge on any atom is 0.272 e. The summed E-state index contributed by atoms with van der Waals surface area (Å²) in [6.07, 6.45) is 2.65. The number of benzodiazepines with no additional fused rings is 1. The number of rotatable bonds is 2. The number of aliphatic imine (C=N–C) groups is 1. The van der Waals surface area contributed by atoms with Crippen LogP contribution in [-0.2, 0) is 4.79 Å². The lowest BCUT2D eigenvalue weighted by molar-refractivity contribution is -0.119. The molecule has 2 aliphatic rings. The number of thiocarbonyl (C=S) groups is 1. The fourth-order valence-electron chi connectivity index (χ4n) is 3.77. The van der Waals surface area contributed by atoms with E-state index in [4.69, 9.17) is 28.8 Å². The molecule has 2 aliphatic heterocycles. The standard InChI is InChI=1S/C22H23ClN4OS/c1-26-18-11-10-16(23)14-17(18)19(15-8-4-2-5-9-15)24-20(21(26)28)25-22(29)27-12-6-3-7-13-27/h2,4-5,8-11,14,20H,3,6-7,12-13H2,1H3,(H,25,29). The number of likely N-dealkylation sites (N-methyl/N-ethyl adjacent to an activating group) is 1. The first-order valence-corrected chi connectivity index (χ1v) is 10.6. The van der Waals surface area contributed by atoms with E-state index in [-0.39, 0.29) is 5.91 Å². The molecule has 0 bridgehead atoms. The minimum absolute atomic E-state index is 0.154. The predicted octanol–water partition coefficient (Wildman–Crippen LogP) is 3.84. The Morgan fingerprint density at radius 2 is 1.86 bits per heavy atom. The summed E-state index contributed by atoms with van der Waals surface area (Å²) < 4.78 is 0. The lowest BCUT2D eigenvalue weighted by atomic mass is 10.0. The number of anilines is 1. The number of carbonyl (C=O) groups is 1. The summed E-state index contributed by atoms with van der Waals surface area (Å²) in [5.41, 5.74) is 3.25. The summed E-state index contributed by atoms with van der Waals surface area (Å²) in [6, 6.07) is 15.4. The van der Waals surface area contributed by atoms with E-state index in [0.717, 1.165) is 48.5 Å². The Hall–Kier alpha value is -2.44. The van der Waals surface area contributed by atoms with Crippen molar-refractivity contribution in [1.82, 2.24) is 10.2 Å². The van der Waals surface area contributed by atoms with Gasteiger partial charge in [-0.05, 0) is 49.7 Å². The van der Waals surface area contributed by atoms with Gasteiger partial charge in [-0.3, -0.25) is 4.79 Å². The van der Waals surface area contributed by atoms with E-state index in [2.05, 4.69) is 10.2 Å². The van der Waals surface area contributed by atoms with E-state index >= 15 is 0 Å². The number of carbonyl (C=O) groups excluding carboxylic acids is 1. The molecule has 150 valence electrons. The van der Waals surface area contributed by atoms with Gasteiger partial charge >= 0.3 is 0 Å². The van der Waals surface area contributed by atoms with Crippen molar-refractivity contribution in [1.29, 1.82) is 0 Å². The van der Waals surface area contributed by atoms with Crippen molar-refractivity contribution in [3.05, 3.63) is 64.7 Å². The molecule has 1 saturated heterocycles. The summed E-state index contributed by atoms with van der Waals surface area (Å²) >= 11 is 11.9. The largest absolute Gasteiger partial charge is 0.349 e. The van der Waals surface area contributed by atoms with Gasteiger partial charge in [0.25, 0.3) is 5.91 Å². The topological polar surface area (TPSA) is 47.9 Å². The first kappa shape index (κ1) is 19.9. The van der Waals surface area contributed by atoms with Crippen molar-refractivity contribution in [3.63, 3.8) is 0 Å². The number of nitrogens with zero attached hydrogens (tertiary/aromatic N) is 3. The molecule has 4 rings (SSSR count). The quantitative estimate of drug-likeness (QED) is 0.741. The van der Waals surface area contributed by atoms with Crippen LogP contribution in [0.3, 0.4) is 0 Å². The highest BCUT2D eigenvalue weighted by atomic mass is 35.5. The molecule has 2 aromatic carbocycles. The Morgan fingerprint density at radius 1 is 1.14 bits per heavy atom. The highest BCUT2D eigenvalue weighted by Crippen LogP contribution is 2.30. The Bertz CT molecular complexity index is 957. The van der Waals surface area contributed by atoms with Gasteiger partial charge in [-0.15, -0.1) is 0 Å². The lowest BCUT2D eigenvalue weighted by Gasteiger charge is -2.31. The van der Waals surface area contributed by atoms with Gasteiger partial charge in [-0.2, -0.15) is 0 Å². The summed E-state index contributed by atoms with van der Waals surface area (Å²) in [5.74, 6) is -0.154. The minimum Gasteiger partial charge on any atom is -0.349 e. The predicted molar refractivity (Wildman–Crippen MR) is 122 cm³/mol. The minimum atomic E-state index is -0.796. The first-order chi connectivity index (χ1) is 14.0. The van der Waals surface area contributed by atoms with Crippen molar-refractivity contribution in [2.24, 2.45) is 4.99 Å². The van der Waals surface area contributed by atoms with E-state index in [0.29, 0.717) is 10.1 Å². The van der Waals surface area contributed by atoms with Crippen LogP contribution >= 0.6 is 23.8 Å². The molecule has 0 aromatic heterocycles. The number of halogens is 1. The third-order valence-electron chi connectivity index (χ3n) is 5.35. The van der Waals surface area contributed by atoms with Gasteiger partial charge in [0, 0.05) is 36.3 Å². The van der Waals surface area contributed by atoms with Gasteiger partial charge < -0.3 is 15.1 Å². The highest BCUT2D eigenvalue weighted by molar-refractivity contribution is 7.80. The van der Waals surface area contributed by atoms with Crippen molar-refractivity contribution in [2.45, 2.75) is 25.4 Å². The third-order valence-corrected chi connectivity index (χ3v) is 5.96. The van der Waals surface area contributed by atoms with Crippen LogP contribution in [0.15, 0.2) is 53.5 Å². The summed E-state index contributed by atoms with van der Waals surface area (Å²) in [6.45, 7) is 1.82. The molecule has 7 heteroatoms. The second-order valence-corrected chi connectivity index (χ2v) is 8.13. The van der Waals surface area contributed by atoms with Crippen molar-refractivity contribution in [3.8, 4) is 0 Å². The molecule has 0 saturated carbocycles. The molecule has 1 atom stereocenters. The summed E-state index contributed by atoms with van der Waals surface area (Å²) in [5, 5.41) is 4.38. The van der Waals surface area contributed by atoms with Gasteiger partial charge in [-0.1, -0.05) is 41.9 Å². The van der Waals surface area contributed by atoms with Crippen LogP contribution in [0.4, 0.5) is 5.69 Å². The molecule has 1 amide bonds. The van der Waals surface area contributed by atoms with Gasteiger partial charge in [0.15, 0.2) is 5.11 Å². The second-order valence-electron chi connectivity index (χ2n) is 7.30. The van der Waals surface area contributed by atoms with Crippen LogP contribution in [0.1, 0.15) is 30.4 Å². The number of fused-ring (bicyclic) bond motifs is 1. The third kappa shape index (κ3) is 4.14. The van der Waals surface area contributed by atoms with Crippen molar-refractivity contribution >= 4 is 46.2 Å². The number of benzene rings is 2. The van der Waals surface area contributed by atoms with Crippen molar-refractivity contribution < 1.29 is 4.79 Å². The Morgan fingerprint density at radius 3 is 2.59 bits per heavy atom. The smallest absolute Gasteiger partial charge is 0.272 e. The van der Waals surface area contributed by atoms with Gasteiger partial charge in [0.1, 0.15) is 0 Å². The van der Waals surface area contributed by atoms with E-state index in [1.807, 2.05) is 42.5 Å². The Labute approximate surface area is 181 Å². The SMILES string of the molecule is CN1C(=O)C(NC(=S)N2CCCCC2)N=C(c2ccccc2)c2cc(Cl)ccc21. The maximum atomic E-state index is 13.2. The van der Waals surface area contributed by atoms with Crippen molar-refractivity contribution in [2.75, 3.05) is 25.0 Å². The average molecular weight is 427 g/mol. The van der Waals surface area contributed by atoms with E-state index in [1.165, 1.54) is 6.42 Å². The van der Waals surface area contributed by atoms with Crippen LogP contribution in [0.5, 0.6) is 0 Å². The number of hydrogen-bond donors (Lipinski definition) is 1. The molecule has 29 heavy (non-hydrogen) atoms. The van der Waals surface area contributed by atoms with Gasteiger partial charge in [0.2, 0.25) is 6.17 Å². The zero-order chi connectivity index (χ0) is 20.4. The van der Waals surface area contributed by atoms with Crippen LogP contribution in [0, 0.1) is 0 Å². The van der Waals surface area contributed by atoms with Crippen LogP contribution in [0.25, 0.3) is 0 Å². The highest BCUT2D eigenvalue weighted by Gasteiger charge is 2.31. The summed E-state index contributed by atoms with van der Waals surface area (Å²) in [7, 11) is 1.76. The molecule has 1 fully saturated rings. The molecule has 0 aliphatic carbocycles. The second kappa shape index (κ2) is 8.51. The fourth-order valence-corrected chi connectivity index (χ4v) is 4.24. The monoisotopic (exact) mass is 426 g/mol.